The van der Waals surface area contributed by atoms with Gasteiger partial charge in [-0.1, -0.05) is 18.2 Å². The molecule has 2 heteroatoms. The minimum atomic E-state index is 0.301. The van der Waals surface area contributed by atoms with Crippen LogP contribution in [0.5, 0.6) is 11.5 Å². The highest BCUT2D eigenvalue weighted by atomic mass is 16.3. The van der Waals surface area contributed by atoms with Crippen molar-refractivity contribution in [3.8, 4) is 11.5 Å². The fourth-order valence-corrected chi connectivity index (χ4v) is 1.90. The van der Waals surface area contributed by atoms with Crippen molar-refractivity contribution in [2.75, 3.05) is 0 Å². The summed E-state index contributed by atoms with van der Waals surface area (Å²) in [4.78, 5) is 0. The molecule has 0 atom stereocenters. The van der Waals surface area contributed by atoms with Crippen LogP contribution in [0.1, 0.15) is 16.7 Å². The van der Waals surface area contributed by atoms with Gasteiger partial charge in [0, 0.05) is 0 Å². The first-order valence-electron chi connectivity index (χ1n) is 5.71. The standard InChI is InChI=1S/C15H16O2/c1-11-10-15(17)9-6-13(11)5-2-12-3-7-14(16)8-4-12/h3-4,6-10,16-17H,2,5H2,1H3. The average Bonchev–Trinajstić information content (AvgIpc) is 2.30. The molecular weight excluding hydrogens is 212 g/mol. The highest BCUT2D eigenvalue weighted by molar-refractivity contribution is 5.35. The molecule has 88 valence electrons. The SMILES string of the molecule is Cc1cc(O)ccc1CCc1ccc(O)cc1. The Kier molecular flexibility index (Phi) is 3.33. The summed E-state index contributed by atoms with van der Waals surface area (Å²) in [7, 11) is 0. The van der Waals surface area contributed by atoms with Crippen LogP contribution >= 0.6 is 0 Å². The van der Waals surface area contributed by atoms with Gasteiger partial charge in [0.25, 0.3) is 0 Å². The quantitative estimate of drug-likeness (QED) is 0.847. The van der Waals surface area contributed by atoms with Gasteiger partial charge in [0.1, 0.15) is 11.5 Å². The molecule has 2 N–H and O–H groups in total. The molecule has 0 bridgehead atoms. The van der Waals surface area contributed by atoms with Gasteiger partial charge in [0.05, 0.1) is 0 Å². The minimum Gasteiger partial charge on any atom is -0.508 e. The zero-order valence-corrected chi connectivity index (χ0v) is 9.85. The Morgan fingerprint density at radius 3 is 2.12 bits per heavy atom. The van der Waals surface area contributed by atoms with Gasteiger partial charge < -0.3 is 10.2 Å². The minimum absolute atomic E-state index is 0.301. The van der Waals surface area contributed by atoms with Gasteiger partial charge in [-0.15, -0.1) is 0 Å². The maximum atomic E-state index is 9.33. The molecule has 0 amide bonds. The van der Waals surface area contributed by atoms with Crippen LogP contribution in [-0.4, -0.2) is 10.2 Å². The van der Waals surface area contributed by atoms with E-state index in [0.717, 1.165) is 18.4 Å². The summed E-state index contributed by atoms with van der Waals surface area (Å²) in [5.74, 6) is 0.616. The molecule has 0 aliphatic rings. The number of benzene rings is 2. The first-order valence-corrected chi connectivity index (χ1v) is 5.71. The summed E-state index contributed by atoms with van der Waals surface area (Å²) in [6.07, 6.45) is 1.88. The molecule has 2 aromatic rings. The predicted molar refractivity (Wildman–Crippen MR) is 68.4 cm³/mol. The molecule has 0 heterocycles. The van der Waals surface area contributed by atoms with Crippen molar-refractivity contribution in [2.24, 2.45) is 0 Å². The molecule has 0 radical (unpaired) electrons. The fourth-order valence-electron chi connectivity index (χ4n) is 1.90. The molecular formula is C15H16O2. The van der Waals surface area contributed by atoms with Crippen molar-refractivity contribution in [3.05, 3.63) is 59.2 Å². The zero-order valence-electron chi connectivity index (χ0n) is 9.85. The second kappa shape index (κ2) is 4.91. The van der Waals surface area contributed by atoms with E-state index in [1.54, 1.807) is 24.3 Å². The summed E-state index contributed by atoms with van der Waals surface area (Å²) in [5, 5.41) is 18.5. The fraction of sp³-hybridized carbons (Fsp3) is 0.200. The Morgan fingerprint density at radius 1 is 0.824 bits per heavy atom. The molecule has 2 nitrogen and oxygen atoms in total. The van der Waals surface area contributed by atoms with E-state index in [4.69, 9.17) is 0 Å². The third-order valence-electron chi connectivity index (χ3n) is 2.95. The van der Waals surface area contributed by atoms with Crippen LogP contribution in [0.2, 0.25) is 0 Å². The molecule has 0 unspecified atom stereocenters. The molecule has 17 heavy (non-hydrogen) atoms. The number of hydrogen-bond donors (Lipinski definition) is 2. The predicted octanol–water partition coefficient (Wildman–Crippen LogP) is 3.19. The molecule has 0 aromatic heterocycles. The molecule has 2 aromatic carbocycles. The number of phenolic OH excluding ortho intramolecular Hbond substituents is 2. The van der Waals surface area contributed by atoms with Gasteiger partial charge >= 0.3 is 0 Å². The summed E-state index contributed by atoms with van der Waals surface area (Å²) in [6, 6.07) is 12.8. The van der Waals surface area contributed by atoms with Crippen LogP contribution in [0, 0.1) is 6.92 Å². The van der Waals surface area contributed by atoms with Crippen LogP contribution in [0.4, 0.5) is 0 Å². The number of aromatic hydroxyl groups is 2. The topological polar surface area (TPSA) is 40.5 Å². The number of hydrogen-bond acceptors (Lipinski definition) is 2. The van der Waals surface area contributed by atoms with Crippen molar-refractivity contribution in [3.63, 3.8) is 0 Å². The van der Waals surface area contributed by atoms with E-state index >= 15 is 0 Å². The third kappa shape index (κ3) is 3.00. The molecule has 0 spiro atoms. The number of rotatable bonds is 3. The molecule has 2 rings (SSSR count). The van der Waals surface area contributed by atoms with Crippen molar-refractivity contribution in [1.29, 1.82) is 0 Å². The summed E-state index contributed by atoms with van der Waals surface area (Å²) in [5.41, 5.74) is 3.56. The normalized spacial score (nSPS) is 10.4. The van der Waals surface area contributed by atoms with Gasteiger partial charge in [-0.3, -0.25) is 0 Å². The first kappa shape index (κ1) is 11.5. The maximum Gasteiger partial charge on any atom is 0.115 e. The maximum absolute atomic E-state index is 9.33. The lowest BCUT2D eigenvalue weighted by Crippen LogP contribution is -1.93. The molecule has 0 saturated carbocycles. The largest absolute Gasteiger partial charge is 0.508 e. The van der Waals surface area contributed by atoms with Gasteiger partial charge in [0.2, 0.25) is 0 Å². The van der Waals surface area contributed by atoms with Crippen molar-refractivity contribution >= 4 is 0 Å². The molecule has 0 aliphatic carbocycles. The zero-order chi connectivity index (χ0) is 12.3. The van der Waals surface area contributed by atoms with E-state index in [2.05, 4.69) is 0 Å². The van der Waals surface area contributed by atoms with Crippen molar-refractivity contribution in [2.45, 2.75) is 19.8 Å². The van der Waals surface area contributed by atoms with E-state index in [9.17, 15) is 10.2 Å². The van der Waals surface area contributed by atoms with Crippen LogP contribution in [-0.2, 0) is 12.8 Å². The van der Waals surface area contributed by atoms with Crippen LogP contribution in [0.3, 0.4) is 0 Å². The second-order valence-electron chi connectivity index (χ2n) is 4.28. The van der Waals surface area contributed by atoms with Crippen molar-refractivity contribution < 1.29 is 10.2 Å². The second-order valence-corrected chi connectivity index (χ2v) is 4.28. The van der Waals surface area contributed by atoms with Gasteiger partial charge in [-0.25, -0.2) is 0 Å². The van der Waals surface area contributed by atoms with E-state index in [1.807, 2.05) is 25.1 Å². The van der Waals surface area contributed by atoms with Crippen molar-refractivity contribution in [1.82, 2.24) is 0 Å². The van der Waals surface area contributed by atoms with Crippen LogP contribution in [0.15, 0.2) is 42.5 Å². The van der Waals surface area contributed by atoms with E-state index in [-0.39, 0.29) is 0 Å². The average molecular weight is 228 g/mol. The summed E-state index contributed by atoms with van der Waals surface area (Å²) < 4.78 is 0. The smallest absolute Gasteiger partial charge is 0.115 e. The van der Waals surface area contributed by atoms with E-state index in [0.29, 0.717) is 11.5 Å². The van der Waals surface area contributed by atoms with Gasteiger partial charge in [-0.2, -0.15) is 0 Å². The summed E-state index contributed by atoms with van der Waals surface area (Å²) in [6.45, 7) is 2.01. The number of aryl methyl sites for hydroxylation is 3. The van der Waals surface area contributed by atoms with E-state index in [1.165, 1.54) is 11.1 Å². The lowest BCUT2D eigenvalue weighted by atomic mass is 10.0. The van der Waals surface area contributed by atoms with Gasteiger partial charge in [0.15, 0.2) is 0 Å². The molecule has 0 fully saturated rings. The Morgan fingerprint density at radius 2 is 1.47 bits per heavy atom. The lowest BCUT2D eigenvalue weighted by Gasteiger charge is -2.06. The Balaban J connectivity index is 2.04. The lowest BCUT2D eigenvalue weighted by molar-refractivity contribution is 0.474. The van der Waals surface area contributed by atoms with Crippen LogP contribution < -0.4 is 0 Å². The number of phenols is 2. The molecule has 0 saturated heterocycles. The first-order chi connectivity index (χ1) is 8.15. The highest BCUT2D eigenvalue weighted by Gasteiger charge is 2.01. The van der Waals surface area contributed by atoms with Gasteiger partial charge in [-0.05, 0) is 60.7 Å². The Labute approximate surface area is 101 Å². The van der Waals surface area contributed by atoms with Crippen LogP contribution in [0.25, 0.3) is 0 Å². The highest BCUT2D eigenvalue weighted by Crippen LogP contribution is 2.18. The van der Waals surface area contributed by atoms with E-state index < -0.39 is 0 Å². The Hall–Kier alpha value is -1.96. The third-order valence-corrected chi connectivity index (χ3v) is 2.95. The Bertz CT molecular complexity index is 501. The molecule has 0 aliphatic heterocycles. The summed E-state index contributed by atoms with van der Waals surface area (Å²) >= 11 is 0. The monoisotopic (exact) mass is 228 g/mol.